The van der Waals surface area contributed by atoms with Crippen LogP contribution in [-0.4, -0.2) is 236 Å². The van der Waals surface area contributed by atoms with Gasteiger partial charge in [0.2, 0.25) is 35.5 Å². The van der Waals surface area contributed by atoms with Crippen molar-refractivity contribution in [2.45, 2.75) is 184 Å². The van der Waals surface area contributed by atoms with Gasteiger partial charge in [-0.2, -0.15) is 4.98 Å². The number of unbranched alkanes of at least 4 members (excludes halogenated alkanes) is 1. The van der Waals surface area contributed by atoms with Gasteiger partial charge in [0.05, 0.1) is 37.7 Å². The fourth-order valence-electron chi connectivity index (χ4n) is 11.4. The minimum atomic E-state index is -2.18. The van der Waals surface area contributed by atoms with Crippen LogP contribution in [0, 0.1) is 11.8 Å². The predicted octanol–water partition coefficient (Wildman–Crippen LogP) is 2.00. The molecule has 6 rings (SSSR count). The second-order valence-corrected chi connectivity index (χ2v) is 33.9. The Labute approximate surface area is 728 Å². The number of H-pyrrole nitrogens is 1. The van der Waals surface area contributed by atoms with Crippen LogP contribution in [0.1, 0.15) is 153 Å². The molecule has 0 aliphatic heterocycles. The van der Waals surface area contributed by atoms with Gasteiger partial charge in [0.15, 0.2) is 11.2 Å². The predicted molar refractivity (Wildman–Crippen MR) is 466 cm³/mol. The van der Waals surface area contributed by atoms with E-state index in [9.17, 15) is 97.0 Å². The van der Waals surface area contributed by atoms with Gasteiger partial charge in [0, 0.05) is 35.2 Å². The van der Waals surface area contributed by atoms with Crippen LogP contribution in [0.2, 0.25) is 0 Å². The van der Waals surface area contributed by atoms with Crippen LogP contribution >= 0.6 is 43.2 Å². The number of carbonyl (C=O) groups excluding carboxylic acids is 10. The average molecular weight is 1790 g/mol. The first-order chi connectivity index (χ1) is 59.1. The Kier molecular flexibility index (Phi) is 42.3. The number of rotatable bonds is 55. The van der Waals surface area contributed by atoms with Crippen molar-refractivity contribution in [3.8, 4) is 0 Å². The van der Waals surface area contributed by atoms with Gasteiger partial charge in [0.1, 0.15) is 30.2 Å². The van der Waals surface area contributed by atoms with Gasteiger partial charge in [-0.25, -0.2) is 14.8 Å². The molecule has 18 N–H and O–H groups in total. The molecule has 0 saturated heterocycles. The third-order valence-corrected chi connectivity index (χ3v) is 22.4. The molecule has 0 fully saturated rings. The zero-order valence-corrected chi connectivity index (χ0v) is 71.6. The number of nitrogens with one attached hydrogen (secondary N) is 12. The summed E-state index contributed by atoms with van der Waals surface area (Å²) in [4.78, 5) is 231. The first kappa shape index (κ1) is 100. The maximum absolute atomic E-state index is 14.4. The number of aromatic nitrogens is 8. The molecule has 660 valence electrons. The normalized spacial score (nSPS) is 13.5. The third-order valence-electron chi connectivity index (χ3n) is 17.6. The molecule has 0 saturated carbocycles. The first-order valence-electron chi connectivity index (χ1n) is 38.9. The Bertz CT molecular complexity index is 4840. The van der Waals surface area contributed by atoms with Gasteiger partial charge in [-0.1, -0.05) is 21.6 Å². The Hall–Kier alpha value is -12.3. The van der Waals surface area contributed by atoms with Crippen LogP contribution in [-0.2, 0) is 81.9 Å². The number of amides is 10. The molecule has 40 nitrogen and oxygen atoms in total. The van der Waals surface area contributed by atoms with E-state index in [1.807, 2.05) is 33.8 Å². The summed E-state index contributed by atoms with van der Waals surface area (Å²) in [5.74, 6) is -17.2. The summed E-state index contributed by atoms with van der Waals surface area (Å²) in [6.07, 6.45) is 9.41. The molecule has 124 heavy (non-hydrogen) atoms. The van der Waals surface area contributed by atoms with Crippen LogP contribution < -0.4 is 69.8 Å². The van der Waals surface area contributed by atoms with E-state index in [1.165, 1.54) is 76.8 Å². The van der Waals surface area contributed by atoms with Gasteiger partial charge in [-0.15, -0.1) is 0 Å². The summed E-state index contributed by atoms with van der Waals surface area (Å²) >= 11 is 0. The number of benzene rings is 2. The first-order valence-corrected chi connectivity index (χ1v) is 43.8. The number of anilines is 2. The van der Waals surface area contributed by atoms with Crippen LogP contribution in [0.25, 0.3) is 11.2 Å². The SMILES string of the molecule is C=B[C@H](CC(C)C)NC(=O)[C@H](Cc1ccccc1)NC(=O)c1cnc(CSSC[C@H](NC(=O)CC[C@H](NC(=O)c2ccc(NCc3cnc4nc(N)[nH]c(=O)c4n3)cc2)C(=O)O)C(=O)N[C@@H](CC(=O)O)C(=O)N[C@@H](CC(=O)O)C(=O)N[C@@H](CC(=O)O)C(=O)N[C@H](C)CSSCc2cnc(C(=O)N[C@@H](C/C=C/CCC=C)C(=O)N[C@H](B=O)CC(C)C)cn2)cn1. The van der Waals surface area contributed by atoms with Gasteiger partial charge in [0.25, 0.3) is 11.5 Å². The van der Waals surface area contributed by atoms with E-state index in [4.69, 9.17) is 5.73 Å². The molecule has 4 heterocycles. The van der Waals surface area contributed by atoms with Gasteiger partial charge < -0.3 is 63.4 Å². The van der Waals surface area contributed by atoms with Crippen molar-refractivity contribution in [3.63, 3.8) is 0 Å². The quantitative estimate of drug-likeness (QED) is 0.0112. The molecule has 0 unspecified atom stereocenters. The molecule has 0 radical (unpaired) electrons. The number of hydrogen-bond donors (Lipinski definition) is 17. The van der Waals surface area contributed by atoms with Crippen molar-refractivity contribution in [2.24, 2.45) is 11.8 Å². The molecule has 46 heteroatoms. The van der Waals surface area contributed by atoms with E-state index in [0.29, 0.717) is 49.9 Å². The number of carboxylic acid groups (broad SMARTS) is 4. The van der Waals surface area contributed by atoms with Crippen molar-refractivity contribution in [1.29, 1.82) is 0 Å². The van der Waals surface area contributed by atoms with Crippen molar-refractivity contribution in [2.75, 3.05) is 22.6 Å². The molecule has 0 aliphatic carbocycles. The number of hydrogen-bond acceptors (Lipinski definition) is 29. The standard InChI is InChI=1S/C78H98B2N20O20S4/c1-8-9-10-11-15-18-50(68(109)98-60(80-120)26-42(4)5)91-73(114)56-35-83-48(33-85-56)38-122-121-37-43(6)88-69(110)53(28-62(102)103)94-70(111)54(29-63(104)105)95-71(112)55(30-64(106)107)96-75(116)58(40-124-123-39-49-34-86-57(36-84-49)74(115)93-52(27-44-16-13-12-14-17-44)72(113)97-59(79-7)25-41(2)3)90-61(101)24-23-51(77(118)119)92-67(108)45-19-21-46(22-20-45)82-31-47-32-87-66-65(89-47)76(117)100-78(81)99-66/h8,11-17,19-22,32-36,41-43,50-55,58-60,82H,1,7,9-10,18,23-31,37-40H2,2-6H3,(H,88,110)(H,90,101)(H,91,114)(H,92,108)(H,93,115)(H,94,111)(H,95,112)(H,96,116)(H,97,113)(H,98,109)(H,102,103)(H,104,105)(H,106,107)(H,118,119)(H3,81,87,99,100,117)/b15-11+/t43-,50+,51+,52+,53+,54+,55+,58+,59+,60+/m1/s1. The third kappa shape index (κ3) is 36.0. The molecule has 0 spiro atoms. The summed E-state index contributed by atoms with van der Waals surface area (Å²) in [7, 11) is 5.06. The Morgan fingerprint density at radius 2 is 1.03 bits per heavy atom. The van der Waals surface area contributed by atoms with E-state index in [0.717, 1.165) is 27.2 Å². The number of aromatic amines is 1. The zero-order valence-electron chi connectivity index (χ0n) is 68.3. The van der Waals surface area contributed by atoms with Crippen molar-refractivity contribution in [3.05, 3.63) is 160 Å². The summed E-state index contributed by atoms with van der Waals surface area (Å²) in [6, 6.07) is 2.12. The molecule has 10 atom stereocenters. The van der Waals surface area contributed by atoms with E-state index in [2.05, 4.69) is 111 Å². The maximum atomic E-state index is 14.4. The van der Waals surface area contributed by atoms with E-state index in [-0.39, 0.29) is 94.2 Å². The van der Waals surface area contributed by atoms with Gasteiger partial charge in [-0.05, 0) is 37.6 Å². The van der Waals surface area contributed by atoms with Crippen molar-refractivity contribution < 1.29 is 92.3 Å². The fourth-order valence-corrected chi connectivity index (χ4v) is 15.8. The average Bonchev–Trinajstić information content (AvgIpc) is 0.809. The number of fused-ring (bicyclic) bond motifs is 1. The van der Waals surface area contributed by atoms with Crippen molar-refractivity contribution in [1.82, 2.24) is 93.0 Å². The molecule has 0 aliphatic rings. The molecular formula is C78H98B2N20O20S4. The van der Waals surface area contributed by atoms with Gasteiger partial charge >= 0.3 is 377 Å². The molecule has 0 bridgehead atoms. The van der Waals surface area contributed by atoms with E-state index >= 15 is 0 Å². The summed E-state index contributed by atoms with van der Waals surface area (Å²) in [5, 5.41) is 67.9. The molecule has 2 aromatic carbocycles. The van der Waals surface area contributed by atoms with Crippen LogP contribution in [0.15, 0.2) is 115 Å². The topological polar surface area (TPSA) is 618 Å². The number of nitrogen functional groups attached to an aromatic ring is 1. The number of nitrogens with two attached hydrogens (primary N) is 1. The monoisotopic (exact) mass is 1780 g/mol. The van der Waals surface area contributed by atoms with E-state index in [1.54, 1.807) is 56.3 Å². The van der Waals surface area contributed by atoms with Crippen LogP contribution in [0.5, 0.6) is 0 Å². The second kappa shape index (κ2) is 52.2. The zero-order chi connectivity index (χ0) is 91.0. The molecule has 10 amide bonds. The summed E-state index contributed by atoms with van der Waals surface area (Å²) < 4.78 is 11.7. The molecule has 4 aromatic heterocycles. The van der Waals surface area contributed by atoms with Crippen molar-refractivity contribution >= 4 is 169 Å². The van der Waals surface area contributed by atoms with Crippen LogP contribution in [0.3, 0.4) is 0 Å². The molecule has 6 aromatic rings. The van der Waals surface area contributed by atoms with E-state index < -0.39 is 181 Å². The molecular weight excluding hydrogens is 1690 g/mol. The fraction of sp³-hybridized carbons (Fsp3) is 0.423. The number of carboxylic acids is 4. The Morgan fingerprint density at radius 1 is 0.524 bits per heavy atom. The Morgan fingerprint density at radius 3 is 1.56 bits per heavy atom. The number of carbonyl (C=O) groups is 14. The Balaban J connectivity index is 1.11. The van der Waals surface area contributed by atoms with Gasteiger partial charge in [-0.3, -0.25) is 52.9 Å². The number of nitrogens with zero attached hydrogens (tertiary/aromatic N) is 7. The van der Waals surface area contributed by atoms with Crippen LogP contribution in [0.4, 0.5) is 11.6 Å². The minimum absolute atomic E-state index is 0.00926. The second-order valence-electron chi connectivity index (χ2n) is 28.9. The number of allylic oxidation sites excluding steroid dienone is 2. The summed E-state index contributed by atoms with van der Waals surface area (Å²) in [5.41, 5.74) is 6.96. The summed E-state index contributed by atoms with van der Waals surface area (Å²) in [6.45, 7) is 18.5. The number of aliphatic carboxylic acids is 4.